The molecule has 0 bridgehead atoms. The first-order valence-corrected chi connectivity index (χ1v) is 3.39. The second kappa shape index (κ2) is 2.99. The fourth-order valence-corrected chi connectivity index (χ4v) is 1.27. The minimum atomic E-state index is 0.615. The maximum absolute atomic E-state index is 5.25. The Kier molecular flexibility index (Phi) is 2.23. The standard InChI is InChI=1S/C7H11B/c8-6-7-4-2-1-3-5-7/h7H,1-5H2. The van der Waals surface area contributed by atoms with Crippen LogP contribution in [-0.4, -0.2) is 7.33 Å². The molecule has 0 N–H and O–H groups in total. The second-order valence-electron chi connectivity index (χ2n) is 2.50. The van der Waals surface area contributed by atoms with Crippen molar-refractivity contribution in [2.75, 3.05) is 0 Å². The average Bonchev–Trinajstić information content (AvgIpc) is 1.90. The van der Waals surface area contributed by atoms with Crippen LogP contribution in [0, 0.1) is 11.7 Å². The first-order chi connectivity index (χ1) is 3.93. The van der Waals surface area contributed by atoms with Crippen molar-refractivity contribution in [1.82, 2.24) is 0 Å². The Hall–Kier alpha value is -0.155. The van der Waals surface area contributed by atoms with Crippen molar-refractivity contribution in [2.45, 2.75) is 32.1 Å². The summed E-state index contributed by atoms with van der Waals surface area (Å²) in [6, 6.07) is 0. The normalized spacial score (nSPS) is 22.8. The summed E-state index contributed by atoms with van der Waals surface area (Å²) in [5.74, 6) is 3.42. The van der Waals surface area contributed by atoms with Gasteiger partial charge in [-0.05, 0) is 0 Å². The molecule has 0 radical (unpaired) electrons. The van der Waals surface area contributed by atoms with Crippen LogP contribution in [0.15, 0.2) is 0 Å². The number of hydrogen-bond acceptors (Lipinski definition) is 0. The van der Waals surface area contributed by atoms with E-state index in [9.17, 15) is 0 Å². The molecule has 0 aromatic carbocycles. The van der Waals surface area contributed by atoms with E-state index < -0.39 is 0 Å². The van der Waals surface area contributed by atoms with Gasteiger partial charge in [0, 0.05) is 0 Å². The summed E-state index contributed by atoms with van der Waals surface area (Å²) in [6.07, 6.45) is 6.66. The van der Waals surface area contributed by atoms with E-state index in [0.717, 1.165) is 0 Å². The van der Waals surface area contributed by atoms with Gasteiger partial charge in [0.2, 0.25) is 0 Å². The fraction of sp³-hybridized carbons (Fsp3) is 0.857. The molecule has 0 heterocycles. The van der Waals surface area contributed by atoms with Crippen molar-refractivity contribution < 1.29 is 0 Å². The summed E-state index contributed by atoms with van der Waals surface area (Å²) < 4.78 is 0. The van der Waals surface area contributed by atoms with Crippen molar-refractivity contribution in [3.63, 3.8) is 0 Å². The van der Waals surface area contributed by atoms with Crippen molar-refractivity contribution in [1.29, 1.82) is 0 Å². The Morgan fingerprint density at radius 1 is 1.12 bits per heavy atom. The molecular weight excluding hydrogens is 94.9 g/mol. The Morgan fingerprint density at radius 2 is 1.75 bits per heavy atom. The Labute approximate surface area is 52.0 Å². The van der Waals surface area contributed by atoms with E-state index in [0.29, 0.717) is 5.92 Å². The first kappa shape index (κ1) is 5.97. The van der Waals surface area contributed by atoms with Crippen LogP contribution in [0.1, 0.15) is 32.1 Å². The number of hydrogen-bond donors (Lipinski definition) is 0. The SMILES string of the molecule is B#CC1CCCCC1. The summed E-state index contributed by atoms with van der Waals surface area (Å²) in [5.41, 5.74) is 0. The van der Waals surface area contributed by atoms with Gasteiger partial charge >= 0.3 is 51.2 Å². The van der Waals surface area contributed by atoms with Gasteiger partial charge < -0.3 is 0 Å². The second-order valence-corrected chi connectivity index (χ2v) is 2.50. The summed E-state index contributed by atoms with van der Waals surface area (Å²) >= 11 is 0. The van der Waals surface area contributed by atoms with Crippen LogP contribution in [0.25, 0.3) is 0 Å². The van der Waals surface area contributed by atoms with Crippen molar-refractivity contribution in [3.05, 3.63) is 0 Å². The summed E-state index contributed by atoms with van der Waals surface area (Å²) in [6.45, 7) is 0. The quantitative estimate of drug-likeness (QED) is 0.412. The zero-order valence-corrected chi connectivity index (χ0v) is 5.19. The molecule has 0 aromatic heterocycles. The van der Waals surface area contributed by atoms with Gasteiger partial charge in [0.15, 0.2) is 0 Å². The molecule has 0 atom stereocenters. The molecule has 1 aliphatic rings. The molecule has 1 fully saturated rings. The van der Waals surface area contributed by atoms with Crippen LogP contribution >= 0.6 is 0 Å². The molecule has 1 rings (SSSR count). The van der Waals surface area contributed by atoms with Crippen LogP contribution < -0.4 is 0 Å². The van der Waals surface area contributed by atoms with E-state index in [1.54, 1.807) is 0 Å². The molecule has 1 heteroatoms. The molecule has 42 valence electrons. The van der Waals surface area contributed by atoms with Crippen molar-refractivity contribution in [2.24, 2.45) is 5.92 Å². The van der Waals surface area contributed by atoms with Crippen LogP contribution in [0.2, 0.25) is 0 Å². The summed E-state index contributed by atoms with van der Waals surface area (Å²) in [4.78, 5) is 0. The van der Waals surface area contributed by atoms with E-state index in [2.05, 4.69) is 5.80 Å². The third-order valence-corrected chi connectivity index (χ3v) is 1.84. The zero-order valence-electron chi connectivity index (χ0n) is 5.19. The van der Waals surface area contributed by atoms with Gasteiger partial charge in [-0.3, -0.25) is 0 Å². The zero-order chi connectivity index (χ0) is 5.82. The summed E-state index contributed by atoms with van der Waals surface area (Å²) in [7, 11) is 5.25. The molecule has 1 aliphatic carbocycles. The molecule has 0 amide bonds. The molecule has 0 nitrogen and oxygen atoms in total. The van der Waals surface area contributed by atoms with Crippen LogP contribution in [0.3, 0.4) is 0 Å². The van der Waals surface area contributed by atoms with Gasteiger partial charge in [-0.15, -0.1) is 0 Å². The fourth-order valence-electron chi connectivity index (χ4n) is 1.27. The van der Waals surface area contributed by atoms with Gasteiger partial charge in [-0.1, -0.05) is 0 Å². The third-order valence-electron chi connectivity index (χ3n) is 1.84. The molecule has 0 spiro atoms. The minimum absolute atomic E-state index is 0.615. The van der Waals surface area contributed by atoms with Gasteiger partial charge in [-0.25, -0.2) is 0 Å². The van der Waals surface area contributed by atoms with E-state index in [-0.39, 0.29) is 0 Å². The Bertz CT molecular complexity index is 95.4. The van der Waals surface area contributed by atoms with E-state index >= 15 is 0 Å². The maximum atomic E-state index is 5.25. The molecular formula is C7H11B. The third kappa shape index (κ3) is 1.42. The average molecular weight is 106 g/mol. The number of rotatable bonds is 0. The molecule has 0 unspecified atom stereocenters. The van der Waals surface area contributed by atoms with Gasteiger partial charge in [0.1, 0.15) is 0 Å². The first-order valence-electron chi connectivity index (χ1n) is 3.39. The van der Waals surface area contributed by atoms with Gasteiger partial charge in [0.05, 0.1) is 0 Å². The van der Waals surface area contributed by atoms with Crippen molar-refractivity contribution in [3.8, 4) is 5.80 Å². The van der Waals surface area contributed by atoms with Crippen LogP contribution in [0.5, 0.6) is 0 Å². The topological polar surface area (TPSA) is 0 Å². The van der Waals surface area contributed by atoms with Gasteiger partial charge in [-0.2, -0.15) is 0 Å². The molecule has 0 saturated heterocycles. The predicted octanol–water partition coefficient (Wildman–Crippen LogP) is 1.69. The van der Waals surface area contributed by atoms with Crippen molar-refractivity contribution >= 4 is 7.33 Å². The van der Waals surface area contributed by atoms with E-state index in [1.807, 2.05) is 0 Å². The molecule has 1 saturated carbocycles. The molecule has 0 aliphatic heterocycles. The van der Waals surface area contributed by atoms with Gasteiger partial charge in [0.25, 0.3) is 0 Å². The predicted molar refractivity (Wildman–Crippen MR) is 36.2 cm³/mol. The Balaban J connectivity index is 2.25. The monoisotopic (exact) mass is 106 g/mol. The van der Waals surface area contributed by atoms with Crippen LogP contribution in [0.4, 0.5) is 0 Å². The molecule has 8 heavy (non-hydrogen) atoms. The van der Waals surface area contributed by atoms with E-state index in [1.165, 1.54) is 32.1 Å². The summed E-state index contributed by atoms with van der Waals surface area (Å²) in [5, 5.41) is 0. The molecule has 0 aromatic rings. The van der Waals surface area contributed by atoms with Crippen LogP contribution in [-0.2, 0) is 0 Å². The van der Waals surface area contributed by atoms with E-state index in [4.69, 9.17) is 7.33 Å². The Morgan fingerprint density at radius 3 is 2.12 bits per heavy atom.